The molecule has 0 heterocycles. The van der Waals surface area contributed by atoms with Crippen molar-refractivity contribution in [3.8, 4) is 23.0 Å². The highest BCUT2D eigenvalue weighted by Crippen LogP contribution is 2.43. The topological polar surface area (TPSA) is 115 Å². The van der Waals surface area contributed by atoms with E-state index in [1.807, 2.05) is 0 Å². The summed E-state index contributed by atoms with van der Waals surface area (Å²) in [7, 11) is 0. The minimum Gasteiger partial charge on any atom is -0.507 e. The molecule has 0 amide bonds. The molecule has 0 saturated carbocycles. The van der Waals surface area contributed by atoms with Gasteiger partial charge in [0.25, 0.3) is 0 Å². The Balaban J connectivity index is 2.51. The van der Waals surface area contributed by atoms with Crippen molar-refractivity contribution in [1.82, 2.24) is 0 Å². The van der Waals surface area contributed by atoms with Gasteiger partial charge < -0.3 is 20.4 Å². The van der Waals surface area contributed by atoms with Crippen LogP contribution in [0.5, 0.6) is 23.0 Å². The number of ketones is 2. The van der Waals surface area contributed by atoms with E-state index in [9.17, 15) is 30.0 Å². The zero-order chi connectivity index (χ0) is 17.3. The van der Waals surface area contributed by atoms with E-state index in [-0.39, 0.29) is 55.5 Å². The highest BCUT2D eigenvalue weighted by atomic mass is 32.2. The second kappa shape index (κ2) is 6.21. The van der Waals surface area contributed by atoms with E-state index in [1.165, 1.54) is 26.0 Å². The fourth-order valence-electron chi connectivity index (χ4n) is 1.96. The highest BCUT2D eigenvalue weighted by Gasteiger charge is 2.17. The first-order chi connectivity index (χ1) is 10.7. The van der Waals surface area contributed by atoms with Gasteiger partial charge in [-0.05, 0) is 26.0 Å². The average Bonchev–Trinajstić information content (AvgIpc) is 2.43. The van der Waals surface area contributed by atoms with Crippen LogP contribution in [0.1, 0.15) is 34.6 Å². The molecule has 7 heteroatoms. The number of benzene rings is 2. The van der Waals surface area contributed by atoms with Crippen LogP contribution in [0.15, 0.2) is 34.1 Å². The Morgan fingerprint density at radius 3 is 1.35 bits per heavy atom. The maximum Gasteiger partial charge on any atom is 0.163 e. The quantitative estimate of drug-likeness (QED) is 0.635. The number of aromatic hydroxyl groups is 4. The Morgan fingerprint density at radius 1 is 0.696 bits per heavy atom. The molecule has 23 heavy (non-hydrogen) atoms. The average molecular weight is 334 g/mol. The molecule has 0 bridgehead atoms. The first kappa shape index (κ1) is 16.7. The number of carbonyl (C=O) groups excluding carboxylic acids is 2. The predicted molar refractivity (Wildman–Crippen MR) is 83.7 cm³/mol. The number of carbonyl (C=O) groups is 2. The molecule has 4 N–H and O–H groups in total. The summed E-state index contributed by atoms with van der Waals surface area (Å²) in [4.78, 5) is 23.3. The third-order valence-corrected chi connectivity index (χ3v) is 4.23. The van der Waals surface area contributed by atoms with Gasteiger partial charge in [0.2, 0.25) is 0 Å². The maximum absolute atomic E-state index is 11.5. The molecule has 2 aromatic carbocycles. The van der Waals surface area contributed by atoms with Crippen LogP contribution >= 0.6 is 11.8 Å². The summed E-state index contributed by atoms with van der Waals surface area (Å²) in [5.74, 6) is -2.03. The molecule has 0 aliphatic carbocycles. The van der Waals surface area contributed by atoms with Crippen molar-refractivity contribution in [3.05, 3.63) is 35.4 Å². The largest absolute Gasteiger partial charge is 0.507 e. The number of phenols is 4. The summed E-state index contributed by atoms with van der Waals surface area (Å²) in [6.45, 7) is 2.54. The van der Waals surface area contributed by atoms with E-state index in [2.05, 4.69) is 0 Å². The van der Waals surface area contributed by atoms with E-state index < -0.39 is 0 Å². The van der Waals surface area contributed by atoms with Gasteiger partial charge in [0.05, 0.1) is 20.9 Å². The van der Waals surface area contributed by atoms with Crippen LogP contribution in [0.2, 0.25) is 0 Å². The Morgan fingerprint density at radius 2 is 1.04 bits per heavy atom. The first-order valence-corrected chi connectivity index (χ1v) is 7.34. The summed E-state index contributed by atoms with van der Waals surface area (Å²) in [6.07, 6.45) is 0. The Kier molecular flexibility index (Phi) is 4.51. The van der Waals surface area contributed by atoms with Gasteiger partial charge >= 0.3 is 0 Å². The van der Waals surface area contributed by atoms with Crippen LogP contribution in [0.4, 0.5) is 0 Å². The lowest BCUT2D eigenvalue weighted by atomic mass is 10.1. The minimum absolute atomic E-state index is 0.0235. The number of phenolic OH excluding ortho intramolecular Hbond substituents is 4. The maximum atomic E-state index is 11.5. The lowest BCUT2D eigenvalue weighted by molar-refractivity contribution is 0.100. The fraction of sp³-hybridized carbons (Fsp3) is 0.125. The summed E-state index contributed by atoms with van der Waals surface area (Å²) in [6, 6.07) is 4.64. The summed E-state index contributed by atoms with van der Waals surface area (Å²) >= 11 is 0.895. The van der Waals surface area contributed by atoms with Gasteiger partial charge in [0, 0.05) is 12.1 Å². The molecule has 0 aliphatic heterocycles. The van der Waals surface area contributed by atoms with Gasteiger partial charge in [-0.15, -0.1) is 0 Å². The third kappa shape index (κ3) is 3.40. The zero-order valence-corrected chi connectivity index (χ0v) is 13.1. The van der Waals surface area contributed by atoms with Crippen molar-refractivity contribution in [2.24, 2.45) is 0 Å². The Bertz CT molecular complexity index is 745. The second-order valence-corrected chi connectivity index (χ2v) is 5.97. The van der Waals surface area contributed by atoms with Crippen molar-refractivity contribution in [3.63, 3.8) is 0 Å². The van der Waals surface area contributed by atoms with Crippen LogP contribution in [0, 0.1) is 0 Å². The molecule has 0 fully saturated rings. The fourth-order valence-corrected chi connectivity index (χ4v) is 2.88. The molecule has 0 atom stereocenters. The summed E-state index contributed by atoms with van der Waals surface area (Å²) in [5, 5.41) is 39.1. The van der Waals surface area contributed by atoms with E-state index in [0.717, 1.165) is 23.9 Å². The van der Waals surface area contributed by atoms with Gasteiger partial charge in [-0.25, -0.2) is 0 Å². The van der Waals surface area contributed by atoms with Gasteiger partial charge in [0.15, 0.2) is 11.6 Å². The minimum atomic E-state index is -0.385. The molecular weight excluding hydrogens is 320 g/mol. The van der Waals surface area contributed by atoms with Crippen LogP contribution in [-0.4, -0.2) is 32.0 Å². The number of hydrogen-bond donors (Lipinski definition) is 4. The highest BCUT2D eigenvalue weighted by molar-refractivity contribution is 7.99. The number of rotatable bonds is 4. The molecule has 120 valence electrons. The lowest BCUT2D eigenvalue weighted by Crippen LogP contribution is -1.95. The van der Waals surface area contributed by atoms with Crippen molar-refractivity contribution in [1.29, 1.82) is 0 Å². The van der Waals surface area contributed by atoms with Gasteiger partial charge in [-0.2, -0.15) is 0 Å². The van der Waals surface area contributed by atoms with Crippen LogP contribution in [0.3, 0.4) is 0 Å². The molecule has 0 spiro atoms. The standard InChI is InChI=1S/C16H14O6S/c1-7(17)9-3-15(13(21)5-11(9)19)23-16-4-10(8(2)18)12(20)6-14(16)22/h3-6,19-22H,1-2H3. The molecule has 6 nitrogen and oxygen atoms in total. The molecule has 0 aromatic heterocycles. The van der Waals surface area contributed by atoms with Crippen molar-refractivity contribution < 1.29 is 30.0 Å². The van der Waals surface area contributed by atoms with Gasteiger partial charge in [0.1, 0.15) is 23.0 Å². The van der Waals surface area contributed by atoms with E-state index in [1.54, 1.807) is 0 Å². The van der Waals surface area contributed by atoms with E-state index in [4.69, 9.17) is 0 Å². The number of Topliss-reactive ketones (excluding diaryl/α,β-unsaturated/α-hetero) is 2. The Hall–Kier alpha value is -2.67. The lowest BCUT2D eigenvalue weighted by Gasteiger charge is -2.11. The molecular formula is C16H14O6S. The molecule has 0 unspecified atom stereocenters. The van der Waals surface area contributed by atoms with Crippen LogP contribution in [0.25, 0.3) is 0 Å². The van der Waals surface area contributed by atoms with E-state index >= 15 is 0 Å². The van der Waals surface area contributed by atoms with Crippen molar-refractivity contribution in [2.75, 3.05) is 0 Å². The SMILES string of the molecule is CC(=O)c1cc(Sc2cc(C(C)=O)c(O)cc2O)c(O)cc1O. The molecule has 0 saturated heterocycles. The van der Waals surface area contributed by atoms with Crippen LogP contribution < -0.4 is 0 Å². The second-order valence-electron chi connectivity index (χ2n) is 4.89. The summed E-state index contributed by atoms with van der Waals surface area (Å²) < 4.78 is 0. The number of hydrogen-bond acceptors (Lipinski definition) is 7. The third-order valence-electron chi connectivity index (χ3n) is 3.13. The van der Waals surface area contributed by atoms with Crippen molar-refractivity contribution >= 4 is 23.3 Å². The Labute approximate surface area is 136 Å². The zero-order valence-electron chi connectivity index (χ0n) is 12.3. The predicted octanol–water partition coefficient (Wildman–Crippen LogP) is 3.07. The monoisotopic (exact) mass is 334 g/mol. The van der Waals surface area contributed by atoms with Crippen LogP contribution in [-0.2, 0) is 0 Å². The molecule has 0 radical (unpaired) electrons. The smallest absolute Gasteiger partial charge is 0.163 e. The van der Waals surface area contributed by atoms with Gasteiger partial charge in [-0.1, -0.05) is 11.8 Å². The normalized spacial score (nSPS) is 10.5. The molecule has 0 aliphatic rings. The summed E-state index contributed by atoms with van der Waals surface area (Å²) in [5.41, 5.74) is 0.0470. The molecule has 2 rings (SSSR count). The van der Waals surface area contributed by atoms with E-state index in [0.29, 0.717) is 0 Å². The first-order valence-electron chi connectivity index (χ1n) is 6.52. The molecule has 2 aromatic rings. The van der Waals surface area contributed by atoms with Gasteiger partial charge in [-0.3, -0.25) is 9.59 Å². The van der Waals surface area contributed by atoms with Crippen molar-refractivity contribution in [2.45, 2.75) is 23.6 Å².